The van der Waals surface area contributed by atoms with Crippen LogP contribution >= 0.6 is 58.1 Å². The molecular formula is C33H28Cl2N6O2S3. The van der Waals surface area contributed by atoms with Crippen LogP contribution in [0.2, 0.25) is 10.0 Å². The third-order valence-corrected chi connectivity index (χ3v) is 11.9. The molecule has 6 aromatic rings. The minimum Gasteiger partial charge on any atom is -0.325 e. The molecule has 1 atom stereocenters. The average Bonchev–Trinajstić information content (AvgIpc) is 3.73. The Morgan fingerprint density at radius 1 is 1.04 bits per heavy atom. The molecule has 0 fully saturated rings. The Balaban J connectivity index is 1.01. The van der Waals surface area contributed by atoms with Crippen LogP contribution in [-0.2, 0) is 24.7 Å². The van der Waals surface area contributed by atoms with Crippen LogP contribution in [0.3, 0.4) is 0 Å². The number of benzene rings is 3. The van der Waals surface area contributed by atoms with Crippen molar-refractivity contribution in [3.05, 3.63) is 82.0 Å². The zero-order valence-electron chi connectivity index (χ0n) is 24.9. The number of carbonyl (C=O) groups is 2. The number of anilines is 1. The van der Waals surface area contributed by atoms with Crippen LogP contribution in [0.4, 0.5) is 5.69 Å². The van der Waals surface area contributed by atoms with E-state index in [-0.39, 0.29) is 11.8 Å². The number of rotatable bonds is 8. The van der Waals surface area contributed by atoms with Crippen molar-refractivity contribution in [2.75, 3.05) is 11.1 Å². The molecule has 0 radical (unpaired) electrons. The van der Waals surface area contributed by atoms with Gasteiger partial charge in [-0.25, -0.2) is 4.98 Å². The van der Waals surface area contributed by atoms with Gasteiger partial charge in [-0.3, -0.25) is 14.2 Å². The van der Waals surface area contributed by atoms with Crippen molar-refractivity contribution in [2.45, 2.75) is 47.4 Å². The summed E-state index contributed by atoms with van der Waals surface area (Å²) in [7, 11) is 1.84. The molecule has 0 saturated carbocycles. The first-order valence-corrected chi connectivity index (χ1v) is 18.2. The molecule has 13 heteroatoms. The lowest BCUT2D eigenvalue weighted by atomic mass is 9.96. The number of aryl methyl sites for hydroxylation is 1. The highest BCUT2D eigenvalue weighted by molar-refractivity contribution is 8.01. The number of nitrogens with one attached hydrogen (secondary N) is 1. The number of thiazole rings is 1. The van der Waals surface area contributed by atoms with E-state index in [1.807, 2.05) is 59.5 Å². The smallest absolute Gasteiger partial charge is 0.241 e. The minimum atomic E-state index is -0.443. The Morgan fingerprint density at radius 2 is 1.87 bits per heavy atom. The Bertz CT molecular complexity index is 2140. The number of fused-ring (bicyclic) bond motifs is 4. The normalized spacial score (nSPS) is 13.7. The van der Waals surface area contributed by atoms with Crippen molar-refractivity contribution in [1.29, 1.82) is 0 Å². The van der Waals surface area contributed by atoms with Gasteiger partial charge in [0.05, 0.1) is 31.8 Å². The molecule has 0 bridgehead atoms. The molecule has 1 N–H and O–H groups in total. The van der Waals surface area contributed by atoms with Crippen molar-refractivity contribution < 1.29 is 9.59 Å². The molecule has 234 valence electrons. The van der Waals surface area contributed by atoms with Crippen LogP contribution in [0.15, 0.2) is 70.2 Å². The molecule has 7 rings (SSSR count). The molecule has 3 heterocycles. The van der Waals surface area contributed by atoms with Crippen molar-refractivity contribution in [2.24, 2.45) is 7.05 Å². The average molecular weight is 708 g/mol. The molecule has 1 amide bonds. The summed E-state index contributed by atoms with van der Waals surface area (Å²) >= 11 is 16.7. The number of halogens is 2. The summed E-state index contributed by atoms with van der Waals surface area (Å²) in [5.74, 6) is 0.806. The number of aromatic nitrogens is 5. The largest absolute Gasteiger partial charge is 0.325 e. The first-order chi connectivity index (χ1) is 22.3. The van der Waals surface area contributed by atoms with E-state index in [1.165, 1.54) is 57.9 Å². The van der Waals surface area contributed by atoms with E-state index >= 15 is 0 Å². The summed E-state index contributed by atoms with van der Waals surface area (Å²) in [4.78, 5) is 31.4. The standard InChI is InChI=1S/C33H28Cl2N6O2S3/c1-18(45-32-39-38-30(40(32)2)23-13-11-19(34)15-24(23)35)31(43)36-20-12-14-25-28(16-20)46-33(37-25)44-17-29(42)41-26-9-5-3-7-21(26)22-8-4-6-10-27(22)41/h3,5,7,9,11-16,18H,4,6,8,10,17H2,1-2H3,(H,36,43). The second kappa shape index (κ2) is 13.0. The Labute approximate surface area is 287 Å². The summed E-state index contributed by atoms with van der Waals surface area (Å²) < 4.78 is 5.50. The maximum atomic E-state index is 13.5. The lowest BCUT2D eigenvalue weighted by Gasteiger charge is -2.14. The van der Waals surface area contributed by atoms with E-state index < -0.39 is 5.25 Å². The Morgan fingerprint density at radius 3 is 2.72 bits per heavy atom. The predicted molar refractivity (Wildman–Crippen MR) is 190 cm³/mol. The zero-order valence-corrected chi connectivity index (χ0v) is 28.9. The van der Waals surface area contributed by atoms with Gasteiger partial charge in [-0.05, 0) is 80.6 Å². The number of carbonyl (C=O) groups excluding carboxylic acids is 2. The minimum absolute atomic E-state index is 0.0781. The number of nitrogens with zero attached hydrogens (tertiary/aromatic N) is 5. The fourth-order valence-electron chi connectivity index (χ4n) is 5.79. The highest BCUT2D eigenvalue weighted by Gasteiger charge is 2.24. The number of hydrogen-bond donors (Lipinski definition) is 1. The zero-order chi connectivity index (χ0) is 31.9. The van der Waals surface area contributed by atoms with E-state index in [2.05, 4.69) is 21.6 Å². The van der Waals surface area contributed by atoms with Crippen LogP contribution in [0, 0.1) is 0 Å². The van der Waals surface area contributed by atoms with E-state index in [0.29, 0.717) is 38.0 Å². The van der Waals surface area contributed by atoms with Crippen LogP contribution in [0.1, 0.15) is 35.8 Å². The fraction of sp³-hybridized carbons (Fsp3) is 0.242. The predicted octanol–water partition coefficient (Wildman–Crippen LogP) is 8.78. The second-order valence-electron chi connectivity index (χ2n) is 11.1. The SMILES string of the molecule is CC(Sc1nnc(-c2ccc(Cl)cc2Cl)n1C)C(=O)Nc1ccc2nc(SCC(=O)n3c4c(c5ccccc53)CCCC4)sc2c1. The molecule has 0 saturated heterocycles. The molecule has 3 aromatic carbocycles. The van der Waals surface area contributed by atoms with Crippen LogP contribution in [-0.4, -0.2) is 47.1 Å². The molecule has 1 aliphatic rings. The lowest BCUT2D eigenvalue weighted by Crippen LogP contribution is -2.22. The molecule has 0 aliphatic heterocycles. The number of amides is 1. The summed E-state index contributed by atoms with van der Waals surface area (Å²) in [6, 6.07) is 19.1. The molecule has 1 unspecified atom stereocenters. The highest BCUT2D eigenvalue weighted by Crippen LogP contribution is 2.36. The van der Waals surface area contributed by atoms with Gasteiger partial charge in [-0.2, -0.15) is 0 Å². The molecule has 0 spiro atoms. The molecule has 1 aliphatic carbocycles. The fourth-order valence-corrected chi connectivity index (χ4v) is 9.05. The van der Waals surface area contributed by atoms with Crippen molar-refractivity contribution in [1.82, 2.24) is 24.3 Å². The maximum Gasteiger partial charge on any atom is 0.241 e. The van der Waals surface area contributed by atoms with Gasteiger partial charge in [0.1, 0.15) is 0 Å². The second-order valence-corrected chi connectivity index (χ2v) is 15.5. The van der Waals surface area contributed by atoms with E-state index in [1.54, 1.807) is 18.2 Å². The first kappa shape index (κ1) is 31.3. The molecule has 46 heavy (non-hydrogen) atoms. The first-order valence-electron chi connectivity index (χ1n) is 14.8. The summed E-state index contributed by atoms with van der Waals surface area (Å²) in [5, 5.41) is 13.9. The number of thioether (sulfide) groups is 2. The number of para-hydroxylation sites is 1. The maximum absolute atomic E-state index is 13.5. The van der Waals surface area contributed by atoms with Crippen LogP contribution < -0.4 is 5.32 Å². The summed E-state index contributed by atoms with van der Waals surface area (Å²) in [6.45, 7) is 1.83. The van der Waals surface area contributed by atoms with Gasteiger partial charge in [-0.1, -0.05) is 64.9 Å². The van der Waals surface area contributed by atoms with Gasteiger partial charge in [0.25, 0.3) is 0 Å². The van der Waals surface area contributed by atoms with Gasteiger partial charge in [0.15, 0.2) is 15.3 Å². The van der Waals surface area contributed by atoms with E-state index in [4.69, 9.17) is 28.2 Å². The summed E-state index contributed by atoms with van der Waals surface area (Å²) in [5.41, 5.74) is 5.71. The lowest BCUT2D eigenvalue weighted by molar-refractivity contribution is -0.115. The highest BCUT2D eigenvalue weighted by atomic mass is 35.5. The van der Waals surface area contributed by atoms with Gasteiger partial charge in [0, 0.05) is 34.4 Å². The topological polar surface area (TPSA) is 94.7 Å². The van der Waals surface area contributed by atoms with Gasteiger partial charge >= 0.3 is 0 Å². The van der Waals surface area contributed by atoms with Gasteiger partial charge < -0.3 is 9.88 Å². The van der Waals surface area contributed by atoms with Crippen molar-refractivity contribution in [3.63, 3.8) is 0 Å². The molecule has 8 nitrogen and oxygen atoms in total. The third kappa shape index (κ3) is 6.06. The Kier molecular flexibility index (Phi) is 8.86. The van der Waals surface area contributed by atoms with Gasteiger partial charge in [0.2, 0.25) is 11.8 Å². The van der Waals surface area contributed by atoms with Gasteiger partial charge in [-0.15, -0.1) is 21.5 Å². The van der Waals surface area contributed by atoms with Crippen molar-refractivity contribution >= 4 is 96.7 Å². The number of hydrogen-bond acceptors (Lipinski definition) is 8. The Hall–Kier alpha value is -3.35. The molecular weight excluding hydrogens is 680 g/mol. The molecule has 3 aromatic heterocycles. The third-order valence-electron chi connectivity index (χ3n) is 8.04. The quantitative estimate of drug-likeness (QED) is 0.158. The summed E-state index contributed by atoms with van der Waals surface area (Å²) in [6.07, 6.45) is 4.24. The van der Waals surface area contributed by atoms with Crippen molar-refractivity contribution in [3.8, 4) is 11.4 Å². The van der Waals surface area contributed by atoms with E-state index in [9.17, 15) is 9.59 Å². The van der Waals surface area contributed by atoms with Crippen LogP contribution in [0.25, 0.3) is 32.5 Å². The van der Waals surface area contributed by atoms with Crippen LogP contribution in [0.5, 0.6) is 0 Å². The van der Waals surface area contributed by atoms with E-state index in [0.717, 1.165) is 39.3 Å². The monoisotopic (exact) mass is 706 g/mol.